The molecule has 0 saturated carbocycles. The lowest BCUT2D eigenvalue weighted by molar-refractivity contribution is 0.103. The number of thiophene rings is 1. The number of anilines is 1. The number of rotatable bonds is 4. The molecular weight excluding hydrogens is 286 g/mol. The van der Waals surface area contributed by atoms with Crippen LogP contribution in [0.25, 0.3) is 0 Å². The summed E-state index contributed by atoms with van der Waals surface area (Å²) in [5.41, 5.74) is 1.82. The molecule has 3 rings (SSSR count). The van der Waals surface area contributed by atoms with Crippen LogP contribution in [0.3, 0.4) is 0 Å². The van der Waals surface area contributed by atoms with Crippen LogP contribution in [0, 0.1) is 0 Å². The lowest BCUT2D eigenvalue weighted by atomic mass is 10.2. The summed E-state index contributed by atoms with van der Waals surface area (Å²) in [6, 6.07) is 10.9. The molecule has 2 heterocycles. The molecule has 1 aromatic carbocycles. The van der Waals surface area contributed by atoms with Crippen LogP contribution in [0.15, 0.2) is 54.2 Å². The van der Waals surface area contributed by atoms with Crippen molar-refractivity contribution >= 4 is 22.9 Å². The number of hydrogen-bond donors (Lipinski definition) is 2. The summed E-state index contributed by atoms with van der Waals surface area (Å²) in [5, 5.41) is 17.7. The Morgan fingerprint density at radius 2 is 2.14 bits per heavy atom. The molecule has 0 fully saturated rings. The molecule has 0 aliphatic rings. The van der Waals surface area contributed by atoms with Gasteiger partial charge in [0.15, 0.2) is 0 Å². The van der Waals surface area contributed by atoms with Crippen LogP contribution >= 0.6 is 11.3 Å². The number of nitrogens with zero attached hydrogens (tertiary/aromatic N) is 2. The topological polar surface area (TPSA) is 67.2 Å². The van der Waals surface area contributed by atoms with E-state index in [0.29, 0.717) is 11.4 Å². The van der Waals surface area contributed by atoms with Crippen LogP contribution in [-0.4, -0.2) is 20.8 Å². The minimum atomic E-state index is -0.222. The van der Waals surface area contributed by atoms with Gasteiger partial charge in [0.2, 0.25) is 0 Å². The predicted molar refractivity (Wildman–Crippen MR) is 81.7 cm³/mol. The number of aromatic nitrogens is 2. The maximum atomic E-state index is 11.9. The van der Waals surface area contributed by atoms with Gasteiger partial charge in [-0.2, -0.15) is 5.10 Å². The summed E-state index contributed by atoms with van der Waals surface area (Å²) < 4.78 is 1.84. The molecule has 0 bridgehead atoms. The Labute approximate surface area is 125 Å². The van der Waals surface area contributed by atoms with E-state index in [4.69, 9.17) is 0 Å². The van der Waals surface area contributed by atoms with E-state index in [2.05, 4.69) is 10.4 Å². The van der Waals surface area contributed by atoms with Crippen molar-refractivity contribution in [3.63, 3.8) is 0 Å². The number of carbonyl (C=O) groups is 1. The minimum absolute atomic E-state index is 0.111. The number of amides is 1. The van der Waals surface area contributed by atoms with Gasteiger partial charge in [0.05, 0.1) is 11.4 Å². The number of hydrogen-bond acceptors (Lipinski definition) is 4. The maximum absolute atomic E-state index is 11.9. The Hall–Kier alpha value is -2.60. The van der Waals surface area contributed by atoms with Crippen molar-refractivity contribution in [2.75, 3.05) is 5.32 Å². The van der Waals surface area contributed by atoms with E-state index < -0.39 is 0 Å². The van der Waals surface area contributed by atoms with Crippen molar-refractivity contribution in [2.24, 2.45) is 0 Å². The van der Waals surface area contributed by atoms with Crippen LogP contribution in [0.5, 0.6) is 5.75 Å². The fraction of sp³-hybridized carbons (Fsp3) is 0.0667. The third-order valence-corrected chi connectivity index (χ3v) is 3.84. The molecule has 0 aliphatic heterocycles. The first-order valence-corrected chi connectivity index (χ1v) is 7.24. The van der Waals surface area contributed by atoms with Crippen molar-refractivity contribution in [1.82, 2.24) is 9.78 Å². The number of carbonyl (C=O) groups excluding carboxylic acids is 1. The molecule has 5 nitrogen and oxygen atoms in total. The number of aromatic hydroxyl groups is 1. The first-order valence-electron chi connectivity index (χ1n) is 6.36. The molecule has 106 valence electrons. The lowest BCUT2D eigenvalue weighted by Gasteiger charge is -2.06. The maximum Gasteiger partial charge on any atom is 0.265 e. The van der Waals surface area contributed by atoms with E-state index in [-0.39, 0.29) is 11.7 Å². The van der Waals surface area contributed by atoms with Crippen molar-refractivity contribution in [1.29, 1.82) is 0 Å². The second-order valence-electron chi connectivity index (χ2n) is 4.52. The van der Waals surface area contributed by atoms with E-state index in [1.165, 1.54) is 22.8 Å². The summed E-state index contributed by atoms with van der Waals surface area (Å²) in [4.78, 5) is 12.4. The summed E-state index contributed by atoms with van der Waals surface area (Å²) in [6.45, 7) is 0.694. The summed E-state index contributed by atoms with van der Waals surface area (Å²) in [5.74, 6) is -0.111. The van der Waals surface area contributed by atoms with Crippen molar-refractivity contribution in [3.05, 3.63) is 64.6 Å². The largest absolute Gasteiger partial charge is 0.507 e. The zero-order valence-electron chi connectivity index (χ0n) is 11.1. The van der Waals surface area contributed by atoms with Crippen molar-refractivity contribution in [2.45, 2.75) is 6.54 Å². The monoisotopic (exact) mass is 299 g/mol. The zero-order chi connectivity index (χ0) is 14.7. The van der Waals surface area contributed by atoms with Gasteiger partial charge in [0.1, 0.15) is 5.75 Å². The molecule has 2 aromatic heterocycles. The third-order valence-electron chi connectivity index (χ3n) is 2.92. The van der Waals surface area contributed by atoms with Gasteiger partial charge in [-0.05, 0) is 23.8 Å². The van der Waals surface area contributed by atoms with Gasteiger partial charge < -0.3 is 10.4 Å². The molecule has 0 radical (unpaired) electrons. The molecule has 0 unspecified atom stereocenters. The highest BCUT2D eigenvalue weighted by molar-refractivity contribution is 7.12. The van der Waals surface area contributed by atoms with Gasteiger partial charge in [-0.15, -0.1) is 11.3 Å². The normalized spacial score (nSPS) is 10.5. The molecule has 1 amide bonds. The predicted octanol–water partition coefficient (Wildman–Crippen LogP) is 2.95. The minimum Gasteiger partial charge on any atom is -0.507 e. The SMILES string of the molecule is O=C(Nc1ccc(Cn2cccn2)cc1)c1cc(O)cs1. The molecule has 2 N–H and O–H groups in total. The number of benzene rings is 1. The van der Waals surface area contributed by atoms with E-state index >= 15 is 0 Å². The van der Waals surface area contributed by atoms with E-state index in [9.17, 15) is 9.90 Å². The molecular formula is C15H13N3O2S. The quantitative estimate of drug-likeness (QED) is 0.778. The molecule has 6 heteroatoms. The molecule has 0 spiro atoms. The molecule has 3 aromatic rings. The Balaban J connectivity index is 1.65. The van der Waals surface area contributed by atoms with Crippen molar-refractivity contribution in [3.8, 4) is 5.75 Å². The van der Waals surface area contributed by atoms with Gasteiger partial charge in [-0.3, -0.25) is 9.48 Å². The van der Waals surface area contributed by atoms with E-state index in [1.54, 1.807) is 6.20 Å². The average Bonchev–Trinajstić information content (AvgIpc) is 3.12. The highest BCUT2D eigenvalue weighted by Crippen LogP contribution is 2.21. The first-order chi connectivity index (χ1) is 10.2. The summed E-state index contributed by atoms with van der Waals surface area (Å²) in [7, 11) is 0. The highest BCUT2D eigenvalue weighted by Gasteiger charge is 2.09. The third kappa shape index (κ3) is 3.29. The van der Waals surface area contributed by atoms with E-state index in [1.807, 2.05) is 41.2 Å². The van der Waals surface area contributed by atoms with E-state index in [0.717, 1.165) is 11.3 Å². The molecule has 0 atom stereocenters. The Kier molecular flexibility index (Phi) is 3.70. The zero-order valence-corrected chi connectivity index (χ0v) is 11.9. The second-order valence-corrected chi connectivity index (χ2v) is 5.44. The van der Waals surface area contributed by atoms with Gasteiger partial charge in [0, 0.05) is 29.5 Å². The molecule has 21 heavy (non-hydrogen) atoms. The average molecular weight is 299 g/mol. The van der Waals surface area contributed by atoms with Gasteiger partial charge in [0.25, 0.3) is 5.91 Å². The standard InChI is InChI=1S/C15H13N3O2S/c19-13-8-14(21-10-13)15(20)17-12-4-2-11(3-5-12)9-18-7-1-6-16-18/h1-8,10,19H,9H2,(H,17,20). The van der Waals surface area contributed by atoms with Crippen molar-refractivity contribution < 1.29 is 9.90 Å². The van der Waals surface area contributed by atoms with Crippen LogP contribution in [0.1, 0.15) is 15.2 Å². The lowest BCUT2D eigenvalue weighted by Crippen LogP contribution is -2.10. The summed E-state index contributed by atoms with van der Waals surface area (Å²) >= 11 is 1.21. The second kappa shape index (κ2) is 5.80. The van der Waals surface area contributed by atoms with Crippen LogP contribution in [0.2, 0.25) is 0 Å². The smallest absolute Gasteiger partial charge is 0.265 e. The number of nitrogens with one attached hydrogen (secondary N) is 1. The molecule has 0 aliphatic carbocycles. The fourth-order valence-electron chi connectivity index (χ4n) is 1.91. The van der Waals surface area contributed by atoms with Crippen LogP contribution in [0.4, 0.5) is 5.69 Å². The Morgan fingerprint density at radius 1 is 1.33 bits per heavy atom. The van der Waals surface area contributed by atoms with Crippen LogP contribution < -0.4 is 5.32 Å². The highest BCUT2D eigenvalue weighted by atomic mass is 32.1. The fourth-order valence-corrected chi connectivity index (χ4v) is 2.58. The Morgan fingerprint density at radius 3 is 2.76 bits per heavy atom. The van der Waals surface area contributed by atoms with Gasteiger partial charge in [-0.1, -0.05) is 12.1 Å². The summed E-state index contributed by atoms with van der Waals surface area (Å²) in [6.07, 6.45) is 3.64. The molecule has 0 saturated heterocycles. The van der Waals surface area contributed by atoms with Crippen LogP contribution in [-0.2, 0) is 6.54 Å². The van der Waals surface area contributed by atoms with Gasteiger partial charge in [-0.25, -0.2) is 0 Å². The van der Waals surface area contributed by atoms with Gasteiger partial charge >= 0.3 is 0 Å². The first kappa shape index (κ1) is 13.4. The Bertz CT molecular complexity index is 733.